The van der Waals surface area contributed by atoms with Gasteiger partial charge in [0.25, 0.3) is 5.91 Å². The Morgan fingerprint density at radius 2 is 1.64 bits per heavy atom. The predicted octanol–water partition coefficient (Wildman–Crippen LogP) is 3.82. The first kappa shape index (κ1) is 19.0. The lowest BCUT2D eigenvalue weighted by molar-refractivity contribution is -0.242. The molecule has 2 aromatic carbocycles. The lowest BCUT2D eigenvalue weighted by Gasteiger charge is -2.25. The van der Waals surface area contributed by atoms with Gasteiger partial charge in [0.15, 0.2) is 5.78 Å². The van der Waals surface area contributed by atoms with Crippen molar-refractivity contribution >= 4 is 29.0 Å². The number of anilines is 1. The second-order valence-corrected chi connectivity index (χ2v) is 5.82. The third-order valence-corrected chi connectivity index (χ3v) is 3.82. The molecule has 0 aromatic heterocycles. The van der Waals surface area contributed by atoms with Gasteiger partial charge in [-0.15, -0.1) is 0 Å². The molecule has 1 atom stereocenters. The maximum atomic E-state index is 12.7. The maximum Gasteiger partial charge on any atom is 0.426 e. The zero-order valence-electron chi connectivity index (χ0n) is 12.9. The number of amides is 1. The summed E-state index contributed by atoms with van der Waals surface area (Å²) in [4.78, 5) is 24.0. The van der Waals surface area contributed by atoms with Crippen molar-refractivity contribution in [2.24, 2.45) is 0 Å². The van der Waals surface area contributed by atoms with E-state index in [0.29, 0.717) is 12.5 Å². The summed E-state index contributed by atoms with van der Waals surface area (Å²) in [5, 5.41) is 11.1. The van der Waals surface area contributed by atoms with Crippen LogP contribution in [0.1, 0.15) is 22.8 Å². The molecule has 0 spiro atoms. The van der Waals surface area contributed by atoms with E-state index in [0.717, 1.165) is 0 Å². The molecule has 0 aliphatic carbocycles. The molecule has 0 saturated heterocycles. The molecule has 0 unspecified atom stereocenters. The van der Waals surface area contributed by atoms with Crippen molar-refractivity contribution < 1.29 is 27.9 Å². The van der Waals surface area contributed by atoms with Crippen LogP contribution in [0, 0.1) is 0 Å². The Morgan fingerprint density at radius 1 is 1.04 bits per heavy atom. The minimum Gasteiger partial charge on any atom is -0.373 e. The topological polar surface area (TPSA) is 66.4 Å². The Bertz CT molecular complexity index is 805. The van der Waals surface area contributed by atoms with Gasteiger partial charge in [0.2, 0.25) is 5.60 Å². The minimum atomic E-state index is -5.15. The van der Waals surface area contributed by atoms with Gasteiger partial charge in [0, 0.05) is 11.1 Å². The number of carbonyl (C=O) groups is 2. The number of carbonyl (C=O) groups excluding carboxylic acids is 2. The average Bonchev–Trinajstić information content (AvgIpc) is 2.55. The lowest BCUT2D eigenvalue weighted by atomic mass is 10.0. The fourth-order valence-electron chi connectivity index (χ4n) is 1.89. The van der Waals surface area contributed by atoms with E-state index in [9.17, 15) is 27.9 Å². The first-order valence-corrected chi connectivity index (χ1v) is 7.41. The molecule has 25 heavy (non-hydrogen) atoms. The van der Waals surface area contributed by atoms with E-state index in [1.807, 2.05) is 5.32 Å². The second-order valence-electron chi connectivity index (χ2n) is 5.41. The highest BCUT2D eigenvalue weighted by atomic mass is 35.5. The quantitative estimate of drug-likeness (QED) is 0.803. The van der Waals surface area contributed by atoms with Crippen LogP contribution >= 0.6 is 11.6 Å². The highest BCUT2D eigenvalue weighted by Gasteiger charge is 2.55. The highest BCUT2D eigenvalue weighted by Crippen LogP contribution is 2.32. The molecule has 132 valence electrons. The molecule has 0 aliphatic rings. The largest absolute Gasteiger partial charge is 0.426 e. The number of benzene rings is 2. The van der Waals surface area contributed by atoms with Crippen molar-refractivity contribution in [2.75, 3.05) is 5.32 Å². The van der Waals surface area contributed by atoms with E-state index in [-0.39, 0.29) is 22.1 Å². The van der Waals surface area contributed by atoms with Crippen LogP contribution in [0.5, 0.6) is 0 Å². The number of rotatable bonds is 4. The molecular formula is C17H13ClF3NO3. The Morgan fingerprint density at radius 3 is 2.16 bits per heavy atom. The summed E-state index contributed by atoms with van der Waals surface area (Å²) in [6.07, 6.45) is -5.15. The normalized spacial score (nSPS) is 13.8. The maximum absolute atomic E-state index is 12.7. The number of halogens is 4. The van der Waals surface area contributed by atoms with Crippen LogP contribution in [0.2, 0.25) is 5.02 Å². The van der Waals surface area contributed by atoms with Gasteiger partial charge < -0.3 is 10.4 Å². The number of ketones is 1. The highest BCUT2D eigenvalue weighted by molar-refractivity contribution is 6.34. The number of hydrogen-bond donors (Lipinski definition) is 2. The van der Waals surface area contributed by atoms with E-state index in [1.165, 1.54) is 18.2 Å². The Kier molecular flexibility index (Phi) is 5.20. The third-order valence-electron chi connectivity index (χ3n) is 3.51. The summed E-state index contributed by atoms with van der Waals surface area (Å²) < 4.78 is 38.0. The standard InChI is InChI=1S/C17H13ClF3NO3/c1-16(25,17(19,20)21)15(24)22-13-8-7-11(9-12(13)18)14(23)10-5-3-2-4-6-10/h2-9,25H,1H3,(H,22,24)/t16-/m1/s1. The predicted molar refractivity (Wildman–Crippen MR) is 86.6 cm³/mol. The number of alkyl halides is 3. The molecular weight excluding hydrogens is 359 g/mol. The van der Waals surface area contributed by atoms with Crippen LogP contribution in [-0.2, 0) is 4.79 Å². The average molecular weight is 372 g/mol. The molecule has 2 aromatic rings. The molecule has 0 bridgehead atoms. The molecule has 0 saturated carbocycles. The number of aliphatic hydroxyl groups is 1. The van der Waals surface area contributed by atoms with Crippen LogP contribution in [0.3, 0.4) is 0 Å². The van der Waals surface area contributed by atoms with Crippen LogP contribution in [0.15, 0.2) is 48.5 Å². The minimum absolute atomic E-state index is 0.131. The Balaban J connectivity index is 2.23. The van der Waals surface area contributed by atoms with Gasteiger partial charge in [-0.25, -0.2) is 0 Å². The van der Waals surface area contributed by atoms with Gasteiger partial charge in [-0.3, -0.25) is 9.59 Å². The zero-order valence-corrected chi connectivity index (χ0v) is 13.7. The van der Waals surface area contributed by atoms with Gasteiger partial charge in [-0.05, 0) is 25.1 Å². The van der Waals surface area contributed by atoms with Crippen LogP contribution in [-0.4, -0.2) is 28.6 Å². The van der Waals surface area contributed by atoms with E-state index in [2.05, 4.69) is 0 Å². The summed E-state index contributed by atoms with van der Waals surface area (Å²) in [5.74, 6) is -2.01. The molecule has 0 aliphatic heterocycles. The SMILES string of the molecule is C[C@@](O)(C(=O)Nc1ccc(C(=O)c2ccccc2)cc1Cl)C(F)(F)F. The van der Waals surface area contributed by atoms with Crippen molar-refractivity contribution in [1.82, 2.24) is 0 Å². The smallest absolute Gasteiger partial charge is 0.373 e. The Hall–Kier alpha value is -2.38. The molecule has 2 rings (SSSR count). The monoisotopic (exact) mass is 371 g/mol. The molecule has 0 heterocycles. The van der Waals surface area contributed by atoms with Gasteiger partial charge in [-0.1, -0.05) is 41.9 Å². The van der Waals surface area contributed by atoms with Crippen molar-refractivity contribution in [3.05, 3.63) is 64.7 Å². The summed E-state index contributed by atoms with van der Waals surface area (Å²) in [6.45, 7) is 0.337. The van der Waals surface area contributed by atoms with E-state index >= 15 is 0 Å². The van der Waals surface area contributed by atoms with E-state index in [4.69, 9.17) is 11.6 Å². The van der Waals surface area contributed by atoms with Gasteiger partial charge in [0.05, 0.1) is 10.7 Å². The van der Waals surface area contributed by atoms with Gasteiger partial charge in [-0.2, -0.15) is 13.2 Å². The second kappa shape index (κ2) is 6.85. The molecule has 4 nitrogen and oxygen atoms in total. The molecule has 2 N–H and O–H groups in total. The Labute approximate surface area is 146 Å². The number of nitrogens with one attached hydrogen (secondary N) is 1. The molecule has 0 fully saturated rings. The fourth-order valence-corrected chi connectivity index (χ4v) is 2.11. The molecule has 1 amide bonds. The van der Waals surface area contributed by atoms with Crippen LogP contribution in [0.25, 0.3) is 0 Å². The molecule has 8 heteroatoms. The van der Waals surface area contributed by atoms with Crippen molar-refractivity contribution in [2.45, 2.75) is 18.7 Å². The summed E-state index contributed by atoms with van der Waals surface area (Å²) in [7, 11) is 0. The number of hydrogen-bond acceptors (Lipinski definition) is 3. The van der Waals surface area contributed by atoms with E-state index in [1.54, 1.807) is 30.3 Å². The summed E-state index contributed by atoms with van der Waals surface area (Å²) in [5.41, 5.74) is -3.11. The first-order chi connectivity index (χ1) is 11.5. The first-order valence-electron chi connectivity index (χ1n) is 7.04. The van der Waals surface area contributed by atoms with Crippen LogP contribution in [0.4, 0.5) is 18.9 Å². The fraction of sp³-hybridized carbons (Fsp3) is 0.176. The van der Waals surface area contributed by atoms with E-state index < -0.39 is 17.7 Å². The molecule has 0 radical (unpaired) electrons. The van der Waals surface area contributed by atoms with Crippen LogP contribution < -0.4 is 5.32 Å². The zero-order chi connectivity index (χ0) is 18.8. The third kappa shape index (κ3) is 4.00. The summed E-state index contributed by atoms with van der Waals surface area (Å²) in [6, 6.07) is 12.1. The lowest BCUT2D eigenvalue weighted by Crippen LogP contribution is -2.52. The van der Waals surface area contributed by atoms with Crippen molar-refractivity contribution in [3.8, 4) is 0 Å². The van der Waals surface area contributed by atoms with Gasteiger partial charge in [0.1, 0.15) is 0 Å². The van der Waals surface area contributed by atoms with Crippen molar-refractivity contribution in [3.63, 3.8) is 0 Å². The van der Waals surface area contributed by atoms with Gasteiger partial charge >= 0.3 is 6.18 Å². The van der Waals surface area contributed by atoms with Crippen molar-refractivity contribution in [1.29, 1.82) is 0 Å². The summed E-state index contributed by atoms with van der Waals surface area (Å²) >= 11 is 5.94.